The van der Waals surface area contributed by atoms with Crippen LogP contribution in [-0.4, -0.2) is 9.55 Å². The van der Waals surface area contributed by atoms with E-state index in [-0.39, 0.29) is 16.8 Å². The molecule has 0 saturated heterocycles. The van der Waals surface area contributed by atoms with Gasteiger partial charge >= 0.3 is 6.18 Å². The fourth-order valence-electron chi connectivity index (χ4n) is 4.11. The van der Waals surface area contributed by atoms with Crippen molar-refractivity contribution in [3.8, 4) is 28.8 Å². The number of benzene rings is 3. The second-order valence-corrected chi connectivity index (χ2v) is 8.41. The first kappa shape index (κ1) is 24.8. The van der Waals surface area contributed by atoms with E-state index in [1.807, 2.05) is 12.1 Å². The van der Waals surface area contributed by atoms with E-state index in [9.17, 15) is 32.0 Å². The Morgan fingerprint density at radius 3 is 2.34 bits per heavy atom. The minimum atomic E-state index is -4.99. The van der Waals surface area contributed by atoms with Crippen molar-refractivity contribution >= 4 is 10.9 Å². The van der Waals surface area contributed by atoms with Crippen LogP contribution in [0.15, 0.2) is 83.8 Å². The van der Waals surface area contributed by atoms with Crippen LogP contribution in [0.1, 0.15) is 16.7 Å². The Balaban J connectivity index is 1.58. The number of pyridine rings is 1. The highest BCUT2D eigenvalue weighted by Gasteiger charge is 2.36. The van der Waals surface area contributed by atoms with Crippen LogP contribution in [-0.2, 0) is 12.7 Å². The van der Waals surface area contributed by atoms with E-state index in [2.05, 4.69) is 4.98 Å². The van der Waals surface area contributed by atoms with E-state index >= 15 is 0 Å². The summed E-state index contributed by atoms with van der Waals surface area (Å²) in [6.07, 6.45) is -3.20. The van der Waals surface area contributed by atoms with Gasteiger partial charge in [0.15, 0.2) is 0 Å². The van der Waals surface area contributed by atoms with Gasteiger partial charge in [0.2, 0.25) is 0 Å². The first-order chi connectivity index (χ1) is 18.1. The molecule has 5 nitrogen and oxygen atoms in total. The molecule has 0 bridgehead atoms. The number of aromatic amines is 1. The second-order valence-electron chi connectivity index (χ2n) is 8.41. The first-order valence-electron chi connectivity index (χ1n) is 11.2. The average molecular weight is 521 g/mol. The Morgan fingerprint density at radius 2 is 1.66 bits per heavy atom. The number of nitrogens with zero attached hydrogens (tertiary/aromatic N) is 2. The highest BCUT2D eigenvalue weighted by atomic mass is 19.4. The zero-order chi connectivity index (χ0) is 27.0. The summed E-state index contributed by atoms with van der Waals surface area (Å²) in [5.74, 6) is -0.934. The summed E-state index contributed by atoms with van der Waals surface area (Å²) in [7, 11) is 0. The van der Waals surface area contributed by atoms with Gasteiger partial charge in [0.05, 0.1) is 17.8 Å². The van der Waals surface area contributed by atoms with E-state index in [1.165, 1.54) is 30.3 Å². The molecule has 0 fully saturated rings. The smallest absolute Gasteiger partial charge is 0.417 e. The average Bonchev–Trinajstić information content (AvgIpc) is 3.34. The topological polar surface area (TPSA) is 70.8 Å². The lowest BCUT2D eigenvalue weighted by Gasteiger charge is -2.18. The zero-order valence-corrected chi connectivity index (χ0v) is 19.3. The van der Waals surface area contributed by atoms with Crippen molar-refractivity contribution in [2.24, 2.45) is 0 Å². The molecule has 0 spiro atoms. The lowest BCUT2D eigenvalue weighted by molar-refractivity contribution is -0.137. The van der Waals surface area contributed by atoms with Crippen LogP contribution in [0.5, 0.6) is 11.5 Å². The Kier molecular flexibility index (Phi) is 6.20. The van der Waals surface area contributed by atoms with Gasteiger partial charge in [-0.1, -0.05) is 6.07 Å². The van der Waals surface area contributed by atoms with Gasteiger partial charge in [-0.25, -0.2) is 8.78 Å². The minimum Gasteiger partial charge on any atom is -0.457 e. The summed E-state index contributed by atoms with van der Waals surface area (Å²) >= 11 is 0. The van der Waals surface area contributed by atoms with Crippen molar-refractivity contribution in [3.63, 3.8) is 0 Å². The summed E-state index contributed by atoms with van der Waals surface area (Å²) in [5, 5.41) is 10.3. The molecule has 0 amide bonds. The molecule has 0 aliphatic carbocycles. The molecular weight excluding hydrogens is 505 g/mol. The number of nitrogens with one attached hydrogen (secondary N) is 1. The molecule has 5 aromatic rings. The molecule has 1 N–H and O–H groups in total. The van der Waals surface area contributed by atoms with Gasteiger partial charge in [-0.2, -0.15) is 18.4 Å². The van der Waals surface area contributed by atoms with Crippen molar-refractivity contribution in [1.82, 2.24) is 9.55 Å². The fraction of sp³-hybridized carbons (Fsp3) is 0.0714. The number of alkyl halides is 3. The number of fused-ring (bicyclic) bond motifs is 1. The number of rotatable bonds is 5. The molecule has 3 aromatic carbocycles. The van der Waals surface area contributed by atoms with Gasteiger partial charge in [0.25, 0.3) is 5.56 Å². The van der Waals surface area contributed by atoms with E-state index < -0.39 is 41.0 Å². The van der Waals surface area contributed by atoms with Crippen molar-refractivity contribution in [2.45, 2.75) is 12.7 Å². The Bertz CT molecular complexity index is 1760. The Hall–Kier alpha value is -4.91. The molecule has 190 valence electrons. The third-order valence-electron chi connectivity index (χ3n) is 5.97. The minimum absolute atomic E-state index is 0.141. The Labute approximate surface area is 212 Å². The van der Waals surface area contributed by atoms with Gasteiger partial charge in [-0.3, -0.25) is 4.79 Å². The van der Waals surface area contributed by atoms with Crippen LogP contribution in [0.3, 0.4) is 0 Å². The SMILES string of the molecule is N#Cc1c(C(F)(F)F)cc(-c2ccc(Oc3ccc4cc[nH]c4c3)cc2)n(Cc2ccc(F)cc2F)c1=O. The molecule has 0 saturated carbocycles. The normalized spacial score (nSPS) is 11.5. The first-order valence-corrected chi connectivity index (χ1v) is 11.2. The number of halogens is 5. The van der Waals surface area contributed by atoms with Crippen LogP contribution < -0.4 is 10.3 Å². The summed E-state index contributed by atoms with van der Waals surface area (Å²) in [6, 6.07) is 17.9. The van der Waals surface area contributed by atoms with Gasteiger partial charge in [0.1, 0.15) is 34.8 Å². The number of ether oxygens (including phenoxy) is 1. The third-order valence-corrected chi connectivity index (χ3v) is 5.97. The van der Waals surface area contributed by atoms with Crippen LogP contribution in [0.2, 0.25) is 0 Å². The molecule has 38 heavy (non-hydrogen) atoms. The summed E-state index contributed by atoms with van der Waals surface area (Å²) in [4.78, 5) is 16.1. The highest BCUT2D eigenvalue weighted by Crippen LogP contribution is 2.35. The lowest BCUT2D eigenvalue weighted by Crippen LogP contribution is -2.29. The molecule has 0 unspecified atom stereocenters. The summed E-state index contributed by atoms with van der Waals surface area (Å²) in [6.45, 7) is -0.526. The van der Waals surface area contributed by atoms with Crippen molar-refractivity contribution in [2.75, 3.05) is 0 Å². The molecule has 5 rings (SSSR count). The van der Waals surface area contributed by atoms with Gasteiger partial charge in [0, 0.05) is 29.4 Å². The third kappa shape index (κ3) is 4.74. The van der Waals surface area contributed by atoms with Crippen LogP contribution in [0.4, 0.5) is 22.0 Å². The van der Waals surface area contributed by atoms with Crippen LogP contribution in [0.25, 0.3) is 22.2 Å². The van der Waals surface area contributed by atoms with Crippen molar-refractivity contribution < 1.29 is 26.7 Å². The van der Waals surface area contributed by atoms with E-state index in [4.69, 9.17) is 4.74 Å². The lowest BCUT2D eigenvalue weighted by atomic mass is 10.0. The van der Waals surface area contributed by atoms with Crippen LogP contribution in [0, 0.1) is 23.0 Å². The predicted molar refractivity (Wildman–Crippen MR) is 130 cm³/mol. The maximum atomic E-state index is 14.4. The number of H-pyrrole nitrogens is 1. The van der Waals surface area contributed by atoms with Gasteiger partial charge < -0.3 is 14.3 Å². The quantitative estimate of drug-likeness (QED) is 0.253. The highest BCUT2D eigenvalue weighted by molar-refractivity contribution is 5.80. The number of hydrogen-bond acceptors (Lipinski definition) is 3. The monoisotopic (exact) mass is 521 g/mol. The summed E-state index contributed by atoms with van der Waals surface area (Å²) in [5.41, 5.74) is -3.08. The van der Waals surface area contributed by atoms with E-state index in [0.717, 1.165) is 27.6 Å². The molecule has 2 heterocycles. The van der Waals surface area contributed by atoms with Crippen LogP contribution >= 0.6 is 0 Å². The molecular formula is C28H16F5N3O2. The molecule has 0 aliphatic heterocycles. The van der Waals surface area contributed by atoms with Gasteiger partial charge in [-0.05, 0) is 65.5 Å². The maximum absolute atomic E-state index is 14.4. The summed E-state index contributed by atoms with van der Waals surface area (Å²) < 4.78 is 75.7. The van der Waals surface area contributed by atoms with Crippen molar-refractivity contribution in [1.29, 1.82) is 5.26 Å². The van der Waals surface area contributed by atoms with Gasteiger partial charge in [-0.15, -0.1) is 0 Å². The molecule has 0 atom stereocenters. The standard InChI is InChI=1S/C28H16F5N3O2/c29-19-5-1-18(24(30)11-19)15-36-26(13-23(28(31,32)33)22(14-34)27(36)37)17-3-6-20(7-4-17)38-21-8-2-16-9-10-35-25(16)12-21/h1-13,35H,15H2. The second kappa shape index (κ2) is 9.52. The fourth-order valence-corrected chi connectivity index (χ4v) is 4.11. The maximum Gasteiger partial charge on any atom is 0.417 e. The molecule has 0 radical (unpaired) electrons. The number of nitriles is 1. The molecule has 0 aliphatic rings. The Morgan fingerprint density at radius 1 is 0.921 bits per heavy atom. The predicted octanol–water partition coefficient (Wildman–Crippen LogP) is 7.01. The molecule has 2 aromatic heterocycles. The zero-order valence-electron chi connectivity index (χ0n) is 19.3. The van der Waals surface area contributed by atoms with E-state index in [0.29, 0.717) is 23.6 Å². The number of hydrogen-bond donors (Lipinski definition) is 1. The largest absolute Gasteiger partial charge is 0.457 e. The van der Waals surface area contributed by atoms with E-state index in [1.54, 1.807) is 18.3 Å². The molecule has 10 heteroatoms. The van der Waals surface area contributed by atoms with Crippen molar-refractivity contribution in [3.05, 3.63) is 118 Å². The number of aromatic nitrogens is 2.